The summed E-state index contributed by atoms with van der Waals surface area (Å²) in [5, 5.41) is 10.7. The van der Waals surface area contributed by atoms with Crippen LogP contribution in [0, 0.1) is 5.82 Å². The summed E-state index contributed by atoms with van der Waals surface area (Å²) in [6, 6.07) is 7.67. The number of likely N-dealkylation sites (N-methyl/N-ethyl adjacent to an activating group) is 1. The highest BCUT2D eigenvalue weighted by Crippen LogP contribution is 2.31. The maximum absolute atomic E-state index is 13.3. The van der Waals surface area contributed by atoms with Crippen molar-refractivity contribution in [2.24, 2.45) is 0 Å². The first kappa shape index (κ1) is 24.9. The average molecular weight is 508 g/mol. The van der Waals surface area contributed by atoms with Gasteiger partial charge in [-0.2, -0.15) is 0 Å². The number of piperidine rings is 1. The van der Waals surface area contributed by atoms with Gasteiger partial charge in [0, 0.05) is 51.8 Å². The first-order valence-corrected chi connectivity index (χ1v) is 12.6. The molecule has 2 saturated heterocycles. The number of aromatic hydroxyl groups is 1. The summed E-state index contributed by atoms with van der Waals surface area (Å²) >= 11 is 0. The second-order valence-corrected chi connectivity index (χ2v) is 9.73. The Labute approximate surface area is 213 Å². The van der Waals surface area contributed by atoms with E-state index in [1.165, 1.54) is 16.5 Å². The number of aromatic nitrogens is 2. The maximum Gasteiger partial charge on any atom is 0.300 e. The molecule has 0 saturated carbocycles. The van der Waals surface area contributed by atoms with E-state index in [0.29, 0.717) is 25.1 Å². The molecule has 194 valence electrons. The third-order valence-electron chi connectivity index (χ3n) is 7.17. The Morgan fingerprint density at radius 1 is 1.05 bits per heavy atom. The highest BCUT2D eigenvalue weighted by Gasteiger charge is 2.27. The fourth-order valence-corrected chi connectivity index (χ4v) is 4.92. The maximum atomic E-state index is 13.3. The van der Waals surface area contributed by atoms with Gasteiger partial charge in [-0.15, -0.1) is 0 Å². The minimum absolute atomic E-state index is 0.0147. The van der Waals surface area contributed by atoms with E-state index in [0.717, 1.165) is 50.3 Å². The fourth-order valence-electron chi connectivity index (χ4n) is 4.92. The lowest BCUT2D eigenvalue weighted by atomic mass is 10.1. The van der Waals surface area contributed by atoms with Crippen LogP contribution in [0.5, 0.6) is 5.75 Å². The van der Waals surface area contributed by atoms with E-state index < -0.39 is 17.1 Å². The van der Waals surface area contributed by atoms with Gasteiger partial charge in [0.2, 0.25) is 11.7 Å². The molecule has 2 aromatic heterocycles. The highest BCUT2D eigenvalue weighted by atomic mass is 19.1. The predicted molar refractivity (Wildman–Crippen MR) is 138 cm³/mol. The Morgan fingerprint density at radius 3 is 2.49 bits per heavy atom. The van der Waals surface area contributed by atoms with Gasteiger partial charge in [-0.05, 0) is 50.1 Å². The molecule has 0 unspecified atom stereocenters. The summed E-state index contributed by atoms with van der Waals surface area (Å²) in [5.41, 5.74) is 1.07. The Hall–Kier alpha value is -3.79. The van der Waals surface area contributed by atoms with Crippen LogP contribution in [0.25, 0.3) is 5.65 Å². The molecule has 2 aliphatic rings. The third-order valence-corrected chi connectivity index (χ3v) is 7.17. The van der Waals surface area contributed by atoms with E-state index in [9.17, 15) is 23.9 Å². The molecule has 0 aliphatic carbocycles. The number of carbonyl (C=O) groups excluding carboxylic acids is 2. The van der Waals surface area contributed by atoms with Crippen molar-refractivity contribution in [3.63, 3.8) is 0 Å². The number of pyridine rings is 1. The van der Waals surface area contributed by atoms with Crippen molar-refractivity contribution in [3.8, 4) is 5.75 Å². The molecule has 0 bridgehead atoms. The summed E-state index contributed by atoms with van der Waals surface area (Å²) in [5.74, 6) is -1.64. The van der Waals surface area contributed by atoms with Crippen LogP contribution in [-0.4, -0.2) is 70.9 Å². The average Bonchev–Trinajstić information content (AvgIpc) is 2.90. The lowest BCUT2D eigenvalue weighted by molar-refractivity contribution is -0.119. The van der Waals surface area contributed by atoms with Crippen molar-refractivity contribution in [1.82, 2.24) is 14.3 Å². The lowest BCUT2D eigenvalue weighted by Gasteiger charge is -2.35. The first-order chi connectivity index (χ1) is 17.8. The molecular weight excluding hydrogens is 477 g/mol. The van der Waals surface area contributed by atoms with Crippen molar-refractivity contribution in [2.75, 3.05) is 49.6 Å². The molecule has 1 N–H and O–H groups in total. The molecule has 2 aliphatic heterocycles. The van der Waals surface area contributed by atoms with Crippen molar-refractivity contribution in [3.05, 3.63) is 64.0 Å². The zero-order chi connectivity index (χ0) is 26.1. The fraction of sp³-hybridized carbons (Fsp3) is 0.407. The van der Waals surface area contributed by atoms with Crippen LogP contribution in [-0.2, 0) is 11.2 Å². The largest absolute Gasteiger partial charge is 0.501 e. The summed E-state index contributed by atoms with van der Waals surface area (Å²) in [4.78, 5) is 49.7. The molecule has 10 heteroatoms. The number of benzene rings is 1. The number of fused-ring (bicyclic) bond motifs is 1. The first-order valence-electron chi connectivity index (χ1n) is 12.6. The van der Waals surface area contributed by atoms with Crippen molar-refractivity contribution in [1.29, 1.82) is 0 Å². The van der Waals surface area contributed by atoms with Crippen molar-refractivity contribution >= 4 is 28.7 Å². The van der Waals surface area contributed by atoms with E-state index in [2.05, 4.69) is 21.8 Å². The zero-order valence-electron chi connectivity index (χ0n) is 20.8. The van der Waals surface area contributed by atoms with Gasteiger partial charge in [0.25, 0.3) is 0 Å². The van der Waals surface area contributed by atoms with Gasteiger partial charge in [0.15, 0.2) is 17.1 Å². The standard InChI is InChI=1S/C27H30FN5O4/c1-30-12-14-31(15-13-30)20-16-21(32-11-3-2-4-23(32)35)26-29-24(25(36)27(37)33(26)17-20)22(34)10-7-18-5-8-19(28)9-6-18/h5-6,8-9,16-17,36H,2-4,7,10-15H2,1H3. The molecular formula is C27H30FN5O4. The number of anilines is 2. The molecule has 5 rings (SSSR count). The molecule has 0 radical (unpaired) electrons. The van der Waals surface area contributed by atoms with Crippen molar-refractivity contribution < 1.29 is 19.1 Å². The minimum Gasteiger partial charge on any atom is -0.501 e. The SMILES string of the molecule is CN1CCN(c2cc(N3CCCCC3=O)c3nc(C(=O)CCc4ccc(F)cc4)c(O)c(=O)n3c2)CC1. The second kappa shape index (κ2) is 10.3. The number of hydrogen-bond acceptors (Lipinski definition) is 7. The molecule has 9 nitrogen and oxygen atoms in total. The van der Waals surface area contributed by atoms with Gasteiger partial charge in [0.1, 0.15) is 5.82 Å². The number of rotatable bonds is 6. The Bertz CT molecular complexity index is 1400. The molecule has 2 fully saturated rings. The zero-order valence-corrected chi connectivity index (χ0v) is 20.8. The number of nitrogens with zero attached hydrogens (tertiary/aromatic N) is 5. The number of piperazine rings is 1. The molecule has 4 heterocycles. The number of ketones is 1. The Balaban J connectivity index is 1.56. The predicted octanol–water partition coefficient (Wildman–Crippen LogP) is 2.62. The van der Waals surface area contributed by atoms with Crippen LogP contribution >= 0.6 is 0 Å². The van der Waals surface area contributed by atoms with Gasteiger partial charge in [-0.3, -0.25) is 18.8 Å². The van der Waals surface area contributed by atoms with Crippen molar-refractivity contribution in [2.45, 2.75) is 32.1 Å². The normalized spacial score (nSPS) is 17.0. The third kappa shape index (κ3) is 5.06. The highest BCUT2D eigenvalue weighted by molar-refractivity contribution is 6.00. The van der Waals surface area contributed by atoms with Crippen LogP contribution in [0.15, 0.2) is 41.3 Å². The molecule has 1 amide bonds. The van der Waals surface area contributed by atoms with Gasteiger partial charge in [0.05, 0.1) is 11.4 Å². The van der Waals surface area contributed by atoms with E-state index in [1.807, 2.05) is 6.07 Å². The summed E-state index contributed by atoms with van der Waals surface area (Å²) in [6.45, 7) is 3.71. The van der Waals surface area contributed by atoms with Crippen LogP contribution < -0.4 is 15.4 Å². The summed E-state index contributed by atoms with van der Waals surface area (Å²) in [7, 11) is 2.05. The van der Waals surface area contributed by atoms with E-state index >= 15 is 0 Å². The van der Waals surface area contributed by atoms with Gasteiger partial charge in [-0.25, -0.2) is 9.37 Å². The lowest BCUT2D eigenvalue weighted by Crippen LogP contribution is -2.45. The number of halogens is 1. The van der Waals surface area contributed by atoms with Crippen LogP contribution in [0.2, 0.25) is 0 Å². The van der Waals surface area contributed by atoms with E-state index in [4.69, 9.17) is 0 Å². The monoisotopic (exact) mass is 507 g/mol. The Morgan fingerprint density at radius 2 is 1.78 bits per heavy atom. The van der Waals surface area contributed by atoms with Gasteiger partial charge >= 0.3 is 5.56 Å². The smallest absolute Gasteiger partial charge is 0.300 e. The number of aryl methyl sites for hydroxylation is 1. The molecule has 0 atom stereocenters. The number of amides is 1. The quantitative estimate of drug-likeness (QED) is 0.512. The van der Waals surface area contributed by atoms with Crippen LogP contribution in [0.3, 0.4) is 0 Å². The Kier molecular flexibility index (Phi) is 6.92. The minimum atomic E-state index is -0.753. The molecule has 3 aromatic rings. The second-order valence-electron chi connectivity index (χ2n) is 9.73. The molecule has 1 aromatic carbocycles. The van der Waals surface area contributed by atoms with E-state index in [-0.39, 0.29) is 29.5 Å². The number of carbonyl (C=O) groups is 2. The molecule has 37 heavy (non-hydrogen) atoms. The van der Waals surface area contributed by atoms with E-state index in [1.54, 1.807) is 23.2 Å². The topological polar surface area (TPSA) is 98.5 Å². The summed E-state index contributed by atoms with van der Waals surface area (Å²) in [6.07, 6.45) is 3.94. The van der Waals surface area contributed by atoms with Gasteiger partial charge < -0.3 is 19.8 Å². The number of hydrogen-bond donors (Lipinski definition) is 1. The van der Waals surface area contributed by atoms with Crippen LogP contribution in [0.4, 0.5) is 15.8 Å². The number of Topliss-reactive ketones (excluding diaryl/α,β-unsaturated/α-hetero) is 1. The van der Waals surface area contributed by atoms with Gasteiger partial charge in [-0.1, -0.05) is 12.1 Å². The summed E-state index contributed by atoms with van der Waals surface area (Å²) < 4.78 is 14.4. The molecule has 0 spiro atoms. The van der Waals surface area contributed by atoms with Crippen LogP contribution in [0.1, 0.15) is 41.7 Å².